The van der Waals surface area contributed by atoms with E-state index >= 15 is 0 Å². The highest BCUT2D eigenvalue weighted by atomic mass is 16.6. The maximum absolute atomic E-state index is 12.6. The Morgan fingerprint density at radius 3 is 2.58 bits per heavy atom. The number of nitrogens with zero attached hydrogens (tertiary/aromatic N) is 1. The Morgan fingerprint density at radius 1 is 1.33 bits per heavy atom. The minimum Gasteiger partial charge on any atom is -0.444 e. The van der Waals surface area contributed by atoms with Gasteiger partial charge < -0.3 is 14.3 Å². The molecule has 0 aliphatic carbocycles. The number of amides is 1. The molecule has 5 nitrogen and oxygen atoms in total. The Hall–Kier alpha value is -1.88. The average Bonchev–Trinajstić information content (AvgIpc) is 2.84. The molecule has 1 fully saturated rings. The van der Waals surface area contributed by atoms with Gasteiger partial charge in [-0.05, 0) is 46.1 Å². The molecule has 24 heavy (non-hydrogen) atoms. The number of hydrogen-bond acceptors (Lipinski definition) is 4. The number of carbonyl (C=O) groups excluding carboxylic acids is 2. The molecule has 1 aromatic rings. The first kappa shape index (κ1) is 18.5. The lowest BCUT2D eigenvalue weighted by atomic mass is 9.99. The van der Waals surface area contributed by atoms with Gasteiger partial charge in [0.25, 0.3) is 0 Å². The number of benzene rings is 1. The van der Waals surface area contributed by atoms with Gasteiger partial charge in [0, 0.05) is 6.04 Å². The van der Waals surface area contributed by atoms with Crippen LogP contribution in [-0.2, 0) is 20.9 Å². The molecule has 1 saturated heterocycles. The Labute approximate surface area is 143 Å². The van der Waals surface area contributed by atoms with Crippen LogP contribution in [0, 0.1) is 0 Å². The van der Waals surface area contributed by atoms with Crippen LogP contribution in [0.2, 0.25) is 0 Å². The Bertz CT molecular complexity index is 566. The highest BCUT2D eigenvalue weighted by molar-refractivity contribution is 5.78. The van der Waals surface area contributed by atoms with E-state index < -0.39 is 17.2 Å². The van der Waals surface area contributed by atoms with Crippen molar-refractivity contribution in [2.45, 2.75) is 64.3 Å². The van der Waals surface area contributed by atoms with Crippen LogP contribution in [0.15, 0.2) is 30.3 Å². The van der Waals surface area contributed by atoms with E-state index in [1.54, 1.807) is 4.90 Å². The van der Waals surface area contributed by atoms with Gasteiger partial charge in [0.2, 0.25) is 0 Å². The summed E-state index contributed by atoms with van der Waals surface area (Å²) in [5, 5.41) is 0. The van der Waals surface area contributed by atoms with Crippen molar-refractivity contribution in [2.24, 2.45) is 0 Å². The largest absolute Gasteiger partial charge is 0.444 e. The molecule has 5 heteroatoms. The third kappa shape index (κ3) is 4.35. The van der Waals surface area contributed by atoms with Gasteiger partial charge in [-0.2, -0.15) is 0 Å². The Kier molecular flexibility index (Phi) is 5.65. The van der Waals surface area contributed by atoms with Crippen molar-refractivity contribution in [3.05, 3.63) is 35.9 Å². The molecule has 0 bridgehead atoms. The lowest BCUT2D eigenvalue weighted by Gasteiger charge is -2.37. The predicted molar refractivity (Wildman–Crippen MR) is 91.7 cm³/mol. The van der Waals surface area contributed by atoms with E-state index in [-0.39, 0.29) is 12.6 Å². The first-order valence-electron chi connectivity index (χ1n) is 8.38. The van der Waals surface area contributed by atoms with Gasteiger partial charge in [0.05, 0.1) is 13.2 Å². The summed E-state index contributed by atoms with van der Waals surface area (Å²) in [5.74, 6) is 0. The summed E-state index contributed by atoms with van der Waals surface area (Å²) in [7, 11) is 0. The molecule has 2 atom stereocenters. The Balaban J connectivity index is 2.07. The molecule has 1 amide bonds. The van der Waals surface area contributed by atoms with Crippen LogP contribution in [0.5, 0.6) is 0 Å². The summed E-state index contributed by atoms with van der Waals surface area (Å²) in [6.45, 7) is 7.98. The van der Waals surface area contributed by atoms with Gasteiger partial charge in [0.15, 0.2) is 0 Å². The topological polar surface area (TPSA) is 55.8 Å². The van der Waals surface area contributed by atoms with E-state index in [0.717, 1.165) is 18.3 Å². The molecule has 2 unspecified atom stereocenters. The van der Waals surface area contributed by atoms with Crippen molar-refractivity contribution in [3.63, 3.8) is 0 Å². The van der Waals surface area contributed by atoms with Crippen LogP contribution in [0.3, 0.4) is 0 Å². The maximum Gasteiger partial charge on any atom is 0.411 e. The van der Waals surface area contributed by atoms with Crippen LogP contribution in [-0.4, -0.2) is 41.1 Å². The third-order valence-corrected chi connectivity index (χ3v) is 4.19. The molecular formula is C19H27NO4. The van der Waals surface area contributed by atoms with E-state index in [0.29, 0.717) is 13.0 Å². The monoisotopic (exact) mass is 333 g/mol. The first-order valence-corrected chi connectivity index (χ1v) is 8.38. The summed E-state index contributed by atoms with van der Waals surface area (Å²) in [6, 6.07) is 9.72. The normalized spacial score (nSPS) is 24.0. The van der Waals surface area contributed by atoms with E-state index in [1.807, 2.05) is 58.0 Å². The standard InChI is InChI=1S/C19H27NO4/c1-15-10-11-19(13-21,20(15)17(22)24-18(2,3)4)14-23-12-16-8-6-5-7-9-16/h5-9,13,15H,10-12,14H2,1-4H3. The van der Waals surface area contributed by atoms with E-state index in [4.69, 9.17) is 9.47 Å². The minimum absolute atomic E-state index is 0.0506. The molecule has 2 rings (SSSR count). The van der Waals surface area contributed by atoms with Gasteiger partial charge in [-0.15, -0.1) is 0 Å². The summed E-state index contributed by atoms with van der Waals surface area (Å²) < 4.78 is 11.3. The van der Waals surface area contributed by atoms with Crippen LogP contribution >= 0.6 is 0 Å². The highest BCUT2D eigenvalue weighted by Crippen LogP contribution is 2.34. The fourth-order valence-electron chi connectivity index (χ4n) is 3.03. The summed E-state index contributed by atoms with van der Waals surface area (Å²) in [6.07, 6.45) is 1.73. The molecule has 0 N–H and O–H groups in total. The van der Waals surface area contributed by atoms with Gasteiger partial charge >= 0.3 is 6.09 Å². The molecule has 132 valence electrons. The molecule has 1 heterocycles. The van der Waals surface area contributed by atoms with Crippen molar-refractivity contribution in [2.75, 3.05) is 6.61 Å². The predicted octanol–water partition coefficient (Wildman–Crippen LogP) is 3.56. The lowest BCUT2D eigenvalue weighted by Crippen LogP contribution is -2.55. The molecular weight excluding hydrogens is 306 g/mol. The second-order valence-electron chi connectivity index (χ2n) is 7.44. The van der Waals surface area contributed by atoms with Gasteiger partial charge in [-0.3, -0.25) is 4.90 Å². The zero-order valence-corrected chi connectivity index (χ0v) is 15.0. The van der Waals surface area contributed by atoms with E-state index in [2.05, 4.69) is 0 Å². The molecule has 0 radical (unpaired) electrons. The first-order chi connectivity index (χ1) is 11.3. The van der Waals surface area contributed by atoms with E-state index in [1.165, 1.54) is 0 Å². The quantitative estimate of drug-likeness (QED) is 0.773. The molecule has 0 aromatic heterocycles. The van der Waals surface area contributed by atoms with Crippen molar-refractivity contribution < 1.29 is 19.1 Å². The van der Waals surface area contributed by atoms with Gasteiger partial charge in [-0.25, -0.2) is 4.79 Å². The molecule has 1 aromatic carbocycles. The number of rotatable bonds is 5. The van der Waals surface area contributed by atoms with Crippen LogP contribution in [0.4, 0.5) is 4.79 Å². The number of likely N-dealkylation sites (tertiary alicyclic amines) is 1. The number of hydrogen-bond donors (Lipinski definition) is 0. The van der Waals surface area contributed by atoms with E-state index in [9.17, 15) is 9.59 Å². The van der Waals surface area contributed by atoms with Gasteiger partial charge in [-0.1, -0.05) is 30.3 Å². The zero-order chi connectivity index (χ0) is 17.8. The smallest absolute Gasteiger partial charge is 0.411 e. The summed E-state index contributed by atoms with van der Waals surface area (Å²) >= 11 is 0. The van der Waals surface area contributed by atoms with Crippen molar-refractivity contribution in [3.8, 4) is 0 Å². The van der Waals surface area contributed by atoms with Crippen molar-refractivity contribution in [1.29, 1.82) is 0 Å². The molecule has 1 aliphatic rings. The Morgan fingerprint density at radius 2 is 2.00 bits per heavy atom. The number of carbonyl (C=O) groups is 2. The summed E-state index contributed by atoms with van der Waals surface area (Å²) in [4.78, 5) is 26.0. The third-order valence-electron chi connectivity index (χ3n) is 4.19. The fourth-order valence-corrected chi connectivity index (χ4v) is 3.03. The number of ether oxygens (including phenoxy) is 2. The molecule has 1 aliphatic heterocycles. The maximum atomic E-state index is 12.6. The SMILES string of the molecule is CC1CCC(C=O)(COCc2ccccc2)N1C(=O)OC(C)(C)C. The lowest BCUT2D eigenvalue weighted by molar-refractivity contribution is -0.122. The number of aldehydes is 1. The van der Waals surface area contributed by atoms with Crippen LogP contribution < -0.4 is 0 Å². The minimum atomic E-state index is -0.948. The fraction of sp³-hybridized carbons (Fsp3) is 0.579. The second kappa shape index (κ2) is 7.34. The molecule has 0 saturated carbocycles. The van der Waals surface area contributed by atoms with Crippen LogP contribution in [0.25, 0.3) is 0 Å². The van der Waals surface area contributed by atoms with Crippen molar-refractivity contribution in [1.82, 2.24) is 4.90 Å². The second-order valence-corrected chi connectivity index (χ2v) is 7.44. The highest BCUT2D eigenvalue weighted by Gasteiger charge is 2.49. The molecule has 0 spiro atoms. The van der Waals surface area contributed by atoms with Gasteiger partial charge in [0.1, 0.15) is 17.4 Å². The average molecular weight is 333 g/mol. The van der Waals surface area contributed by atoms with Crippen molar-refractivity contribution >= 4 is 12.4 Å². The van der Waals surface area contributed by atoms with Crippen LogP contribution in [0.1, 0.15) is 46.1 Å². The summed E-state index contributed by atoms with van der Waals surface area (Å²) in [5.41, 5.74) is -0.511. The zero-order valence-electron chi connectivity index (χ0n) is 15.0.